The Hall–Kier alpha value is -1.85. The first kappa shape index (κ1) is 10.2. The van der Waals surface area contributed by atoms with Crippen LogP contribution in [-0.4, -0.2) is 18.2 Å². The highest BCUT2D eigenvalue weighted by Crippen LogP contribution is 2.28. The molecule has 0 amide bonds. The maximum atomic E-state index is 13.1. The van der Waals surface area contributed by atoms with E-state index in [4.69, 9.17) is 10.8 Å². The monoisotopic (exact) mass is 203 g/mol. The second kappa shape index (κ2) is 3.49. The molecule has 0 fully saturated rings. The molecular weight excluding hydrogens is 196 g/mol. The van der Waals surface area contributed by atoms with Crippen LogP contribution in [0.3, 0.4) is 0 Å². The molecule has 14 heavy (non-hydrogen) atoms. The van der Waals surface area contributed by atoms with Gasteiger partial charge in [0.05, 0.1) is 7.11 Å². The lowest BCUT2D eigenvalue weighted by molar-refractivity contribution is 0.0688. The Labute approximate surface area is 77.9 Å². The summed E-state index contributed by atoms with van der Waals surface area (Å²) in [7, 11) is 1.11. The topological polar surface area (TPSA) is 72.5 Å². The first-order valence-corrected chi connectivity index (χ1v) is 3.53. The summed E-state index contributed by atoms with van der Waals surface area (Å²) >= 11 is 0. The van der Waals surface area contributed by atoms with Gasteiger partial charge in [-0.15, -0.1) is 0 Å². The minimum atomic E-state index is -1.56. The van der Waals surface area contributed by atoms with Crippen molar-refractivity contribution in [3.63, 3.8) is 0 Å². The van der Waals surface area contributed by atoms with Crippen molar-refractivity contribution in [2.24, 2.45) is 0 Å². The minimum absolute atomic E-state index is 0.401. The second-order valence-corrected chi connectivity index (χ2v) is 2.47. The van der Waals surface area contributed by atoms with Gasteiger partial charge in [-0.1, -0.05) is 0 Å². The Morgan fingerprint density at radius 3 is 2.57 bits per heavy atom. The smallest absolute Gasteiger partial charge is 0.342 e. The van der Waals surface area contributed by atoms with Crippen LogP contribution in [0.1, 0.15) is 10.4 Å². The molecule has 3 N–H and O–H groups in total. The zero-order valence-electron chi connectivity index (χ0n) is 7.17. The fourth-order valence-corrected chi connectivity index (χ4v) is 0.973. The third-order valence-electron chi connectivity index (χ3n) is 1.65. The summed E-state index contributed by atoms with van der Waals surface area (Å²) in [5, 5.41) is 8.59. The first-order valence-electron chi connectivity index (χ1n) is 3.53. The molecule has 0 aliphatic carbocycles. The third kappa shape index (κ3) is 1.46. The molecule has 0 aliphatic heterocycles. The number of anilines is 1. The van der Waals surface area contributed by atoms with Gasteiger partial charge in [-0.2, -0.15) is 0 Å². The fraction of sp³-hybridized carbons (Fsp3) is 0.125. The van der Waals surface area contributed by atoms with Gasteiger partial charge in [0.1, 0.15) is 17.0 Å². The first-order chi connectivity index (χ1) is 6.49. The highest BCUT2D eigenvalue weighted by molar-refractivity contribution is 5.92. The summed E-state index contributed by atoms with van der Waals surface area (Å²) in [5.74, 6) is -4.34. The number of nitrogens with two attached hydrogens (primary N) is 1. The van der Waals surface area contributed by atoms with Crippen LogP contribution in [0.4, 0.5) is 14.5 Å². The molecule has 6 heteroatoms. The highest BCUT2D eigenvalue weighted by atomic mass is 19.1. The number of benzene rings is 1. The SMILES string of the molecule is COc1cc(F)c(N)c(F)c1C(=O)O. The number of ether oxygens (including phenoxy) is 1. The van der Waals surface area contributed by atoms with Crippen molar-refractivity contribution in [3.8, 4) is 5.75 Å². The Balaban J connectivity index is 3.53. The number of carboxylic acid groups (broad SMARTS) is 1. The van der Waals surface area contributed by atoms with Crippen LogP contribution in [0.25, 0.3) is 0 Å². The summed E-state index contributed by atoms with van der Waals surface area (Å²) in [6, 6.07) is 0.724. The Morgan fingerprint density at radius 1 is 1.57 bits per heavy atom. The number of nitrogen functional groups attached to an aromatic ring is 1. The van der Waals surface area contributed by atoms with Gasteiger partial charge >= 0.3 is 5.97 Å². The zero-order chi connectivity index (χ0) is 10.9. The van der Waals surface area contributed by atoms with Gasteiger partial charge in [0.2, 0.25) is 0 Å². The van der Waals surface area contributed by atoms with Gasteiger partial charge in [0.25, 0.3) is 0 Å². The minimum Gasteiger partial charge on any atom is -0.496 e. The van der Waals surface area contributed by atoms with Gasteiger partial charge in [-0.25, -0.2) is 13.6 Å². The maximum absolute atomic E-state index is 13.1. The molecule has 1 rings (SSSR count). The van der Waals surface area contributed by atoms with Crippen LogP contribution >= 0.6 is 0 Å². The van der Waals surface area contributed by atoms with Gasteiger partial charge < -0.3 is 15.6 Å². The van der Waals surface area contributed by atoms with Crippen molar-refractivity contribution in [2.45, 2.75) is 0 Å². The fourth-order valence-electron chi connectivity index (χ4n) is 0.973. The van der Waals surface area contributed by atoms with Crippen LogP contribution in [0.5, 0.6) is 5.75 Å². The average Bonchev–Trinajstić information content (AvgIpc) is 2.12. The molecule has 0 spiro atoms. The number of aromatic carboxylic acids is 1. The van der Waals surface area contributed by atoms with E-state index in [1.807, 2.05) is 0 Å². The quantitative estimate of drug-likeness (QED) is 0.709. The van der Waals surface area contributed by atoms with Crippen molar-refractivity contribution in [2.75, 3.05) is 12.8 Å². The van der Waals surface area contributed by atoms with E-state index in [2.05, 4.69) is 4.74 Å². The van der Waals surface area contributed by atoms with Crippen LogP contribution in [0, 0.1) is 11.6 Å². The molecule has 76 valence electrons. The average molecular weight is 203 g/mol. The number of methoxy groups -OCH3 is 1. The number of halogens is 2. The van der Waals surface area contributed by atoms with Gasteiger partial charge in [-0.05, 0) is 0 Å². The van der Waals surface area contributed by atoms with E-state index in [-0.39, 0.29) is 0 Å². The zero-order valence-corrected chi connectivity index (χ0v) is 7.17. The molecule has 0 saturated carbocycles. The van der Waals surface area contributed by atoms with Crippen LogP contribution in [-0.2, 0) is 0 Å². The Morgan fingerprint density at radius 2 is 2.14 bits per heavy atom. The van der Waals surface area contributed by atoms with Crippen molar-refractivity contribution in [3.05, 3.63) is 23.3 Å². The number of carboxylic acids is 1. The molecule has 1 aromatic carbocycles. The van der Waals surface area contributed by atoms with E-state index in [9.17, 15) is 13.6 Å². The van der Waals surface area contributed by atoms with E-state index < -0.39 is 34.6 Å². The Kier molecular flexibility index (Phi) is 2.55. The van der Waals surface area contributed by atoms with E-state index in [1.165, 1.54) is 0 Å². The van der Waals surface area contributed by atoms with Crippen molar-refractivity contribution >= 4 is 11.7 Å². The van der Waals surface area contributed by atoms with Crippen LogP contribution in [0.2, 0.25) is 0 Å². The molecule has 0 atom stereocenters. The largest absolute Gasteiger partial charge is 0.496 e. The summed E-state index contributed by atoms with van der Waals surface area (Å²) in [6.45, 7) is 0. The lowest BCUT2D eigenvalue weighted by Crippen LogP contribution is -2.08. The molecule has 4 nitrogen and oxygen atoms in total. The van der Waals surface area contributed by atoms with E-state index in [0.717, 1.165) is 13.2 Å². The lowest BCUT2D eigenvalue weighted by atomic mass is 10.1. The normalized spacial score (nSPS) is 9.93. The number of rotatable bonds is 2. The van der Waals surface area contributed by atoms with Gasteiger partial charge in [0, 0.05) is 6.07 Å². The number of hydrogen-bond donors (Lipinski definition) is 2. The van der Waals surface area contributed by atoms with E-state index in [1.54, 1.807) is 0 Å². The van der Waals surface area contributed by atoms with Crippen molar-refractivity contribution in [1.29, 1.82) is 0 Å². The molecule has 0 bridgehead atoms. The molecule has 0 heterocycles. The highest BCUT2D eigenvalue weighted by Gasteiger charge is 2.22. The Bertz CT molecular complexity index is 393. The van der Waals surface area contributed by atoms with Gasteiger partial charge in [0.15, 0.2) is 11.6 Å². The molecule has 0 unspecified atom stereocenters. The molecule has 0 saturated heterocycles. The number of hydrogen-bond acceptors (Lipinski definition) is 3. The third-order valence-corrected chi connectivity index (χ3v) is 1.65. The molecule has 1 aromatic rings. The molecule has 0 aliphatic rings. The van der Waals surface area contributed by atoms with Crippen molar-refractivity contribution in [1.82, 2.24) is 0 Å². The summed E-state index contributed by atoms with van der Waals surface area (Å²) < 4.78 is 30.5. The number of carbonyl (C=O) groups is 1. The predicted molar refractivity (Wildman–Crippen MR) is 44.3 cm³/mol. The van der Waals surface area contributed by atoms with Crippen molar-refractivity contribution < 1.29 is 23.4 Å². The predicted octanol–water partition coefficient (Wildman–Crippen LogP) is 1.25. The maximum Gasteiger partial charge on any atom is 0.342 e. The van der Waals surface area contributed by atoms with Gasteiger partial charge in [-0.3, -0.25) is 0 Å². The molecule has 0 aromatic heterocycles. The summed E-state index contributed by atoms with van der Waals surface area (Å²) in [5.41, 5.74) is 3.37. The van der Waals surface area contributed by atoms with E-state index >= 15 is 0 Å². The summed E-state index contributed by atoms with van der Waals surface area (Å²) in [4.78, 5) is 10.6. The van der Waals surface area contributed by atoms with Crippen LogP contribution < -0.4 is 10.5 Å². The van der Waals surface area contributed by atoms with E-state index in [0.29, 0.717) is 0 Å². The second-order valence-electron chi connectivity index (χ2n) is 2.47. The lowest BCUT2D eigenvalue weighted by Gasteiger charge is -2.08. The standard InChI is InChI=1S/C8H7F2NO3/c1-14-4-2-3(9)7(11)6(10)5(4)8(12)13/h2H,11H2,1H3,(H,12,13). The molecular formula is C8H7F2NO3. The molecule has 0 radical (unpaired) electrons. The van der Waals surface area contributed by atoms with Crippen LogP contribution in [0.15, 0.2) is 6.07 Å². The summed E-state index contributed by atoms with van der Waals surface area (Å²) in [6.07, 6.45) is 0.